The number of rotatable bonds is 6. The number of hydrogen-bond donors (Lipinski definition) is 2. The lowest BCUT2D eigenvalue weighted by Gasteiger charge is -2.32. The number of ether oxygens (including phenoxy) is 2. The van der Waals surface area contributed by atoms with Crippen molar-refractivity contribution in [2.45, 2.75) is 45.1 Å². The summed E-state index contributed by atoms with van der Waals surface area (Å²) in [7, 11) is 0. The fourth-order valence-corrected chi connectivity index (χ4v) is 3.70. The first-order valence-corrected chi connectivity index (χ1v) is 10.8. The third-order valence-corrected chi connectivity index (χ3v) is 5.33. The van der Waals surface area contributed by atoms with E-state index in [1.165, 1.54) is 6.33 Å². The molecule has 12 heteroatoms. The van der Waals surface area contributed by atoms with Gasteiger partial charge in [-0.05, 0) is 57.9 Å². The van der Waals surface area contributed by atoms with Crippen LogP contribution in [0.4, 0.5) is 10.5 Å². The maximum Gasteiger partial charge on any atom is 0.410 e. The fraction of sp³-hybridized carbons (Fsp3) is 0.409. The largest absolute Gasteiger partial charge is 0.444 e. The molecule has 12 nitrogen and oxygen atoms in total. The van der Waals surface area contributed by atoms with Crippen molar-refractivity contribution in [3.63, 3.8) is 0 Å². The summed E-state index contributed by atoms with van der Waals surface area (Å²) in [6.07, 6.45) is 3.46. The average Bonchev–Trinajstić information content (AvgIpc) is 3.25. The Morgan fingerprint density at radius 2 is 1.94 bits per heavy atom. The summed E-state index contributed by atoms with van der Waals surface area (Å²) in [5.74, 6) is 0.807. The second kappa shape index (κ2) is 9.41. The number of aromatic nitrogens is 3. The zero-order chi connectivity index (χ0) is 24.3. The van der Waals surface area contributed by atoms with E-state index in [1.54, 1.807) is 29.2 Å². The van der Waals surface area contributed by atoms with Gasteiger partial charge in [0.05, 0.1) is 5.69 Å². The van der Waals surface area contributed by atoms with Crippen LogP contribution in [0, 0.1) is 10.9 Å². The third kappa shape index (κ3) is 4.95. The zero-order valence-corrected chi connectivity index (χ0v) is 19.2. The van der Waals surface area contributed by atoms with Crippen LogP contribution < -0.4 is 9.75 Å². The highest BCUT2D eigenvalue weighted by molar-refractivity contribution is 5.80. The van der Waals surface area contributed by atoms with Gasteiger partial charge in [-0.3, -0.25) is 5.41 Å². The van der Waals surface area contributed by atoms with Crippen LogP contribution >= 0.6 is 0 Å². The second-order valence-electron chi connectivity index (χ2n) is 8.84. The minimum absolute atomic E-state index is 0.0858. The van der Waals surface area contributed by atoms with Crippen molar-refractivity contribution in [2.75, 3.05) is 18.1 Å². The highest BCUT2D eigenvalue weighted by atomic mass is 16.6. The molecule has 1 aromatic carbocycles. The molecule has 1 aliphatic heterocycles. The number of fused-ring (bicyclic) bond motifs is 1. The van der Waals surface area contributed by atoms with Gasteiger partial charge in [0.1, 0.15) is 35.2 Å². The van der Waals surface area contributed by atoms with Crippen LogP contribution in [0.15, 0.2) is 40.3 Å². The monoisotopic (exact) mass is 466 g/mol. The van der Waals surface area contributed by atoms with E-state index in [4.69, 9.17) is 24.9 Å². The molecule has 0 spiro atoms. The van der Waals surface area contributed by atoms with Crippen molar-refractivity contribution >= 4 is 29.2 Å². The number of carbonyl (C=O) groups is 1. The fourth-order valence-electron chi connectivity index (χ4n) is 3.70. The van der Waals surface area contributed by atoms with Gasteiger partial charge in [0, 0.05) is 19.0 Å². The second-order valence-corrected chi connectivity index (χ2v) is 8.84. The van der Waals surface area contributed by atoms with Crippen LogP contribution in [0.1, 0.15) is 45.2 Å². The molecule has 2 N–H and O–H groups in total. The van der Waals surface area contributed by atoms with E-state index in [2.05, 4.69) is 20.3 Å². The standard InChI is InChI=1S/C22H26N8O4/c1-22(2,3)33-21(31)29-10-8-14(9-11-29)17-18-19(34-27-17)20(26-13-25-18)32-16-6-4-15(5-7-16)30(12-23)28-24/h4-7,12-14,23-24H,8-11H2,1-3H3. The highest BCUT2D eigenvalue weighted by Gasteiger charge is 2.31. The number of anilines is 1. The number of likely N-dealkylation sites (tertiary alicyclic amines) is 1. The van der Waals surface area contributed by atoms with E-state index in [1.807, 2.05) is 20.8 Å². The minimum atomic E-state index is -0.527. The summed E-state index contributed by atoms with van der Waals surface area (Å²) in [6, 6.07) is 6.69. The quantitative estimate of drug-likeness (QED) is 0.225. The van der Waals surface area contributed by atoms with E-state index in [0.29, 0.717) is 48.5 Å². The summed E-state index contributed by atoms with van der Waals surface area (Å²) in [6.45, 7) is 6.68. The predicted molar refractivity (Wildman–Crippen MR) is 122 cm³/mol. The van der Waals surface area contributed by atoms with Gasteiger partial charge in [-0.2, -0.15) is 10.5 Å². The molecule has 1 aliphatic rings. The van der Waals surface area contributed by atoms with Gasteiger partial charge in [-0.25, -0.2) is 14.8 Å². The van der Waals surface area contributed by atoms with Crippen molar-refractivity contribution in [1.29, 1.82) is 10.9 Å². The Balaban J connectivity index is 1.47. The molecule has 0 radical (unpaired) electrons. The van der Waals surface area contributed by atoms with Crippen LogP contribution in [0.5, 0.6) is 11.6 Å². The van der Waals surface area contributed by atoms with Gasteiger partial charge in [0.25, 0.3) is 5.88 Å². The Bertz CT molecular complexity index is 1170. The highest BCUT2D eigenvalue weighted by Crippen LogP contribution is 2.35. The number of amides is 1. The molecule has 2 aromatic heterocycles. The number of nitrogens with one attached hydrogen (secondary N) is 2. The van der Waals surface area contributed by atoms with Crippen molar-refractivity contribution < 1.29 is 18.8 Å². The van der Waals surface area contributed by atoms with E-state index < -0.39 is 5.60 Å². The Kier molecular flexibility index (Phi) is 6.39. The molecule has 34 heavy (non-hydrogen) atoms. The topological polar surface area (TPSA) is 154 Å². The lowest BCUT2D eigenvalue weighted by Crippen LogP contribution is -2.41. The summed E-state index contributed by atoms with van der Waals surface area (Å²) in [5.41, 5.74) is 8.75. The summed E-state index contributed by atoms with van der Waals surface area (Å²) >= 11 is 0. The minimum Gasteiger partial charge on any atom is -0.444 e. The summed E-state index contributed by atoms with van der Waals surface area (Å²) in [5, 5.41) is 15.9. The number of benzene rings is 1. The van der Waals surface area contributed by atoms with E-state index in [9.17, 15) is 4.79 Å². The maximum absolute atomic E-state index is 12.3. The van der Waals surface area contributed by atoms with Crippen LogP contribution in [-0.4, -0.2) is 51.1 Å². The van der Waals surface area contributed by atoms with Crippen LogP contribution in [-0.2, 0) is 4.74 Å². The molecule has 3 aromatic rings. The Hall–Kier alpha value is -4.09. The summed E-state index contributed by atoms with van der Waals surface area (Å²) in [4.78, 5) is 22.6. The number of hydrogen-bond acceptors (Lipinski definition) is 10. The molecule has 1 amide bonds. The van der Waals surface area contributed by atoms with Gasteiger partial charge in [0.2, 0.25) is 5.58 Å². The van der Waals surface area contributed by atoms with Crippen molar-refractivity contribution in [2.24, 2.45) is 5.22 Å². The van der Waals surface area contributed by atoms with Crippen molar-refractivity contribution in [3.8, 4) is 11.6 Å². The molecule has 1 fully saturated rings. The Morgan fingerprint density at radius 1 is 1.24 bits per heavy atom. The lowest BCUT2D eigenvalue weighted by molar-refractivity contribution is 0.0204. The molecule has 4 rings (SSSR count). The van der Waals surface area contributed by atoms with Gasteiger partial charge in [-0.1, -0.05) is 10.4 Å². The average molecular weight is 467 g/mol. The molecule has 0 bridgehead atoms. The maximum atomic E-state index is 12.3. The van der Waals surface area contributed by atoms with Crippen LogP contribution in [0.3, 0.4) is 0 Å². The third-order valence-electron chi connectivity index (χ3n) is 5.33. The number of carbonyl (C=O) groups excluding carboxylic acids is 1. The first-order valence-electron chi connectivity index (χ1n) is 10.8. The van der Waals surface area contributed by atoms with Gasteiger partial charge in [-0.15, -0.1) is 0 Å². The van der Waals surface area contributed by atoms with E-state index >= 15 is 0 Å². The molecule has 0 unspecified atom stereocenters. The SMILES string of the molecule is CC(C)(C)OC(=O)N1CCC(c2noc3c(Oc4ccc(N(C=N)N=N)cc4)ncnc23)CC1. The normalized spacial score (nSPS) is 14.6. The molecular weight excluding hydrogens is 440 g/mol. The van der Waals surface area contributed by atoms with Crippen molar-refractivity contribution in [3.05, 3.63) is 36.3 Å². The zero-order valence-electron chi connectivity index (χ0n) is 19.2. The van der Waals surface area contributed by atoms with Gasteiger partial charge >= 0.3 is 6.09 Å². The number of piperidine rings is 1. The van der Waals surface area contributed by atoms with Crippen molar-refractivity contribution in [1.82, 2.24) is 20.0 Å². The molecule has 0 saturated carbocycles. The van der Waals surface area contributed by atoms with Crippen LogP contribution in [0.2, 0.25) is 0 Å². The number of nitrogens with zero attached hydrogens (tertiary/aromatic N) is 6. The molecule has 1 saturated heterocycles. The Morgan fingerprint density at radius 3 is 2.56 bits per heavy atom. The lowest BCUT2D eigenvalue weighted by atomic mass is 9.93. The van der Waals surface area contributed by atoms with E-state index in [-0.39, 0.29) is 17.9 Å². The predicted octanol–water partition coefficient (Wildman–Crippen LogP) is 4.88. The van der Waals surface area contributed by atoms with Gasteiger partial charge < -0.3 is 18.9 Å². The molecular formula is C22H26N8O4. The first-order chi connectivity index (χ1) is 16.3. The van der Waals surface area contributed by atoms with Gasteiger partial charge in [0.15, 0.2) is 0 Å². The Labute approximate surface area is 195 Å². The smallest absolute Gasteiger partial charge is 0.410 e. The molecule has 3 heterocycles. The molecule has 178 valence electrons. The molecule has 0 aliphatic carbocycles. The molecule has 0 atom stereocenters. The van der Waals surface area contributed by atoms with E-state index in [0.717, 1.165) is 17.0 Å². The summed E-state index contributed by atoms with van der Waals surface area (Å²) < 4.78 is 16.9. The van der Waals surface area contributed by atoms with Crippen LogP contribution in [0.25, 0.3) is 11.1 Å². The first kappa shape index (κ1) is 23.1.